The lowest BCUT2D eigenvalue weighted by atomic mass is 10.1. The van der Waals surface area contributed by atoms with Crippen LogP contribution in [0.15, 0.2) is 47.4 Å². The highest BCUT2D eigenvalue weighted by molar-refractivity contribution is 7.99. The van der Waals surface area contributed by atoms with Crippen LogP contribution in [0.25, 0.3) is 0 Å². The first-order chi connectivity index (χ1) is 9.74. The molecule has 4 heteroatoms. The van der Waals surface area contributed by atoms with Crippen molar-refractivity contribution in [1.82, 2.24) is 0 Å². The van der Waals surface area contributed by atoms with Crippen LogP contribution in [-0.2, 0) is 6.54 Å². The van der Waals surface area contributed by atoms with Gasteiger partial charge in [-0.15, -0.1) is 11.8 Å². The van der Waals surface area contributed by atoms with E-state index < -0.39 is 0 Å². The van der Waals surface area contributed by atoms with Crippen molar-refractivity contribution >= 4 is 17.4 Å². The third kappa shape index (κ3) is 3.52. The lowest BCUT2D eigenvalue weighted by Crippen LogP contribution is -2.02. The Balaban J connectivity index is 2.17. The van der Waals surface area contributed by atoms with E-state index in [-0.39, 0.29) is 5.82 Å². The Morgan fingerprint density at radius 2 is 2.05 bits per heavy atom. The van der Waals surface area contributed by atoms with Gasteiger partial charge in [-0.2, -0.15) is 5.26 Å². The molecular weight excluding hydrogens is 271 g/mol. The van der Waals surface area contributed by atoms with Gasteiger partial charge < -0.3 is 5.32 Å². The van der Waals surface area contributed by atoms with E-state index in [1.807, 2.05) is 24.3 Å². The second kappa shape index (κ2) is 6.97. The maximum atomic E-state index is 13.1. The Labute approximate surface area is 122 Å². The molecule has 0 unspecified atom stereocenters. The molecule has 0 fully saturated rings. The average Bonchev–Trinajstić information content (AvgIpc) is 2.45. The number of nitrogens with one attached hydrogen (secondary N) is 1. The monoisotopic (exact) mass is 286 g/mol. The summed E-state index contributed by atoms with van der Waals surface area (Å²) in [7, 11) is 0. The molecule has 20 heavy (non-hydrogen) atoms. The molecule has 0 saturated heterocycles. The third-order valence-electron chi connectivity index (χ3n) is 2.81. The molecule has 1 N–H and O–H groups in total. The summed E-state index contributed by atoms with van der Waals surface area (Å²) in [6.07, 6.45) is 0. The molecular formula is C16H15FN2S. The van der Waals surface area contributed by atoms with Crippen LogP contribution in [0.5, 0.6) is 0 Å². The second-order valence-electron chi connectivity index (χ2n) is 4.21. The van der Waals surface area contributed by atoms with Gasteiger partial charge in [0.2, 0.25) is 0 Å². The van der Waals surface area contributed by atoms with Crippen molar-refractivity contribution in [1.29, 1.82) is 5.26 Å². The van der Waals surface area contributed by atoms with Crippen molar-refractivity contribution in [2.24, 2.45) is 0 Å². The molecule has 2 nitrogen and oxygen atoms in total. The number of halogens is 1. The molecule has 0 bridgehead atoms. The Bertz CT molecular complexity index is 635. The van der Waals surface area contributed by atoms with Crippen molar-refractivity contribution in [3.8, 4) is 6.07 Å². The molecule has 0 amide bonds. The summed E-state index contributed by atoms with van der Waals surface area (Å²) in [5.74, 6) is 0.669. The normalized spacial score (nSPS) is 10.1. The Morgan fingerprint density at radius 3 is 2.75 bits per heavy atom. The number of anilines is 1. The lowest BCUT2D eigenvalue weighted by molar-refractivity contribution is 0.626. The molecule has 2 aromatic carbocycles. The Hall–Kier alpha value is -1.99. The van der Waals surface area contributed by atoms with Gasteiger partial charge in [0, 0.05) is 11.4 Å². The fourth-order valence-corrected chi connectivity index (χ4v) is 2.70. The van der Waals surface area contributed by atoms with Gasteiger partial charge in [0.15, 0.2) is 0 Å². The summed E-state index contributed by atoms with van der Waals surface area (Å²) < 4.78 is 13.1. The minimum Gasteiger partial charge on any atom is -0.380 e. The summed E-state index contributed by atoms with van der Waals surface area (Å²) in [6, 6.07) is 14.4. The third-order valence-corrected chi connectivity index (χ3v) is 3.75. The summed E-state index contributed by atoms with van der Waals surface area (Å²) >= 11 is 1.64. The summed E-state index contributed by atoms with van der Waals surface area (Å²) in [4.78, 5) is 0.972. The molecule has 2 rings (SSSR count). The van der Waals surface area contributed by atoms with E-state index in [4.69, 9.17) is 0 Å². The van der Waals surface area contributed by atoms with Gasteiger partial charge in [0.25, 0.3) is 0 Å². The van der Waals surface area contributed by atoms with Crippen LogP contribution in [0.2, 0.25) is 0 Å². The van der Waals surface area contributed by atoms with Gasteiger partial charge in [0.1, 0.15) is 11.9 Å². The van der Waals surface area contributed by atoms with Gasteiger partial charge in [-0.05, 0) is 35.6 Å². The average molecular weight is 286 g/mol. The molecule has 0 heterocycles. The largest absolute Gasteiger partial charge is 0.380 e. The number of thioether (sulfide) groups is 1. The van der Waals surface area contributed by atoms with E-state index in [1.54, 1.807) is 17.8 Å². The van der Waals surface area contributed by atoms with Crippen LogP contribution >= 0.6 is 11.8 Å². The minimum atomic E-state index is -0.250. The number of nitrogens with zero attached hydrogens (tertiary/aromatic N) is 1. The number of hydrogen-bond donors (Lipinski definition) is 1. The second-order valence-corrected chi connectivity index (χ2v) is 5.51. The van der Waals surface area contributed by atoms with Gasteiger partial charge >= 0.3 is 0 Å². The minimum absolute atomic E-state index is 0.250. The molecule has 0 saturated carbocycles. The highest BCUT2D eigenvalue weighted by atomic mass is 32.2. The molecule has 2 aromatic rings. The molecule has 0 aromatic heterocycles. The lowest BCUT2D eigenvalue weighted by Gasteiger charge is -2.11. The summed E-state index contributed by atoms with van der Waals surface area (Å²) in [6.45, 7) is 2.55. The van der Waals surface area contributed by atoms with E-state index >= 15 is 0 Å². The first kappa shape index (κ1) is 14.4. The van der Waals surface area contributed by atoms with Gasteiger partial charge in [-0.25, -0.2) is 4.39 Å². The van der Waals surface area contributed by atoms with Crippen molar-refractivity contribution in [2.45, 2.75) is 18.4 Å². The van der Waals surface area contributed by atoms with Crippen LogP contribution in [0.3, 0.4) is 0 Å². The van der Waals surface area contributed by atoms with Gasteiger partial charge in [0.05, 0.1) is 11.3 Å². The maximum Gasteiger partial charge on any atom is 0.123 e. The van der Waals surface area contributed by atoms with Crippen LogP contribution in [-0.4, -0.2) is 5.75 Å². The number of rotatable bonds is 5. The van der Waals surface area contributed by atoms with Gasteiger partial charge in [-0.3, -0.25) is 0 Å². The fraction of sp³-hybridized carbons (Fsp3) is 0.188. The van der Waals surface area contributed by atoms with Crippen LogP contribution in [0.1, 0.15) is 18.1 Å². The van der Waals surface area contributed by atoms with E-state index in [9.17, 15) is 9.65 Å². The number of benzene rings is 2. The standard InChI is InChI=1S/C16H15FN2S/c1-2-20-16-8-4-7-15(14(16)10-18)19-11-12-5-3-6-13(17)9-12/h3-9,19H,2,11H2,1H3. The van der Waals surface area contributed by atoms with Gasteiger partial charge in [-0.1, -0.05) is 25.1 Å². The topological polar surface area (TPSA) is 35.8 Å². The fourth-order valence-electron chi connectivity index (χ4n) is 1.91. The van der Waals surface area contributed by atoms with Crippen LogP contribution in [0, 0.1) is 17.1 Å². The highest BCUT2D eigenvalue weighted by Gasteiger charge is 2.07. The van der Waals surface area contributed by atoms with Crippen LogP contribution < -0.4 is 5.32 Å². The smallest absolute Gasteiger partial charge is 0.123 e. The number of nitriles is 1. The van der Waals surface area contributed by atoms with Crippen molar-refractivity contribution < 1.29 is 4.39 Å². The van der Waals surface area contributed by atoms with Crippen molar-refractivity contribution in [3.63, 3.8) is 0 Å². The Morgan fingerprint density at radius 1 is 1.25 bits per heavy atom. The van der Waals surface area contributed by atoms with E-state index in [0.29, 0.717) is 12.1 Å². The Kier molecular flexibility index (Phi) is 5.03. The first-order valence-electron chi connectivity index (χ1n) is 6.38. The van der Waals surface area contributed by atoms with E-state index in [1.165, 1.54) is 12.1 Å². The quantitative estimate of drug-likeness (QED) is 0.826. The summed E-state index contributed by atoms with van der Waals surface area (Å²) in [5.41, 5.74) is 2.29. The van der Waals surface area contributed by atoms with Crippen molar-refractivity contribution in [3.05, 3.63) is 59.4 Å². The van der Waals surface area contributed by atoms with E-state index in [2.05, 4.69) is 18.3 Å². The molecule has 0 aliphatic rings. The zero-order valence-electron chi connectivity index (χ0n) is 11.2. The van der Waals surface area contributed by atoms with Crippen molar-refractivity contribution in [2.75, 3.05) is 11.1 Å². The zero-order valence-corrected chi connectivity index (χ0v) is 12.0. The maximum absolute atomic E-state index is 13.1. The number of hydrogen-bond acceptors (Lipinski definition) is 3. The molecule has 0 spiro atoms. The molecule has 0 radical (unpaired) electrons. The molecule has 0 atom stereocenters. The molecule has 0 aliphatic heterocycles. The van der Waals surface area contributed by atoms with Crippen LogP contribution in [0.4, 0.5) is 10.1 Å². The summed E-state index contributed by atoms with van der Waals surface area (Å²) in [5, 5.41) is 12.5. The zero-order chi connectivity index (χ0) is 14.4. The molecule has 102 valence electrons. The van der Waals surface area contributed by atoms with E-state index in [0.717, 1.165) is 21.9 Å². The first-order valence-corrected chi connectivity index (χ1v) is 7.37. The highest BCUT2D eigenvalue weighted by Crippen LogP contribution is 2.28. The SMILES string of the molecule is CCSc1cccc(NCc2cccc(F)c2)c1C#N. The predicted octanol–water partition coefficient (Wildman–Crippen LogP) is 4.42. The predicted molar refractivity (Wildman–Crippen MR) is 81.3 cm³/mol. The molecule has 0 aliphatic carbocycles.